The summed E-state index contributed by atoms with van der Waals surface area (Å²) < 4.78 is 0. The van der Waals surface area contributed by atoms with E-state index in [9.17, 15) is 4.79 Å². The predicted molar refractivity (Wildman–Crippen MR) is 79.3 cm³/mol. The molecule has 1 N–H and O–H groups in total. The normalized spacial score (nSPS) is 27.9. The summed E-state index contributed by atoms with van der Waals surface area (Å²) in [5.74, 6) is 1.81. The van der Waals surface area contributed by atoms with E-state index < -0.39 is 0 Å². The number of aromatic nitrogens is 1. The van der Waals surface area contributed by atoms with Gasteiger partial charge in [-0.05, 0) is 43.2 Å². The molecule has 0 radical (unpaired) electrons. The maximum absolute atomic E-state index is 12.5. The van der Waals surface area contributed by atoms with E-state index >= 15 is 0 Å². The number of nitrogens with zero attached hydrogens (tertiary/aromatic N) is 1. The lowest BCUT2D eigenvalue weighted by molar-refractivity contribution is -0.121. The number of benzene rings is 1. The Hall–Kier alpha value is -1.90. The maximum atomic E-state index is 12.5. The topological polar surface area (TPSA) is 42.0 Å². The minimum atomic E-state index is 0.190. The molecule has 0 spiro atoms. The van der Waals surface area contributed by atoms with Gasteiger partial charge in [-0.3, -0.25) is 9.78 Å². The summed E-state index contributed by atoms with van der Waals surface area (Å²) in [6.45, 7) is 0. The highest BCUT2D eigenvalue weighted by molar-refractivity contribution is 6.01. The molecule has 1 amide bonds. The summed E-state index contributed by atoms with van der Waals surface area (Å²) in [6.07, 6.45) is 6.66. The van der Waals surface area contributed by atoms with Crippen molar-refractivity contribution < 1.29 is 4.79 Å². The lowest BCUT2D eigenvalue weighted by atomic mass is 9.88. The molecule has 4 rings (SSSR count). The quantitative estimate of drug-likeness (QED) is 0.902. The largest absolute Gasteiger partial charge is 0.324 e. The van der Waals surface area contributed by atoms with Crippen LogP contribution in [-0.2, 0) is 4.79 Å². The average molecular weight is 266 g/mol. The van der Waals surface area contributed by atoms with Crippen molar-refractivity contribution >= 4 is 22.5 Å². The molecule has 2 aromatic rings. The smallest absolute Gasteiger partial charge is 0.227 e. The second-order valence-corrected chi connectivity index (χ2v) is 6.15. The molecular weight excluding hydrogens is 248 g/mol. The molecule has 1 heterocycles. The van der Waals surface area contributed by atoms with Gasteiger partial charge in [0.1, 0.15) is 0 Å². The van der Waals surface area contributed by atoms with Crippen LogP contribution in [0, 0.1) is 17.8 Å². The Morgan fingerprint density at radius 2 is 2.05 bits per heavy atom. The summed E-state index contributed by atoms with van der Waals surface area (Å²) in [5, 5.41) is 4.18. The molecule has 0 saturated heterocycles. The van der Waals surface area contributed by atoms with Gasteiger partial charge in [0.25, 0.3) is 0 Å². The number of rotatable bonds is 2. The fourth-order valence-electron chi connectivity index (χ4n) is 4.00. The first-order valence-corrected chi connectivity index (χ1v) is 7.46. The fourth-order valence-corrected chi connectivity index (χ4v) is 4.00. The van der Waals surface area contributed by atoms with Crippen molar-refractivity contribution in [2.24, 2.45) is 17.8 Å². The van der Waals surface area contributed by atoms with Crippen molar-refractivity contribution in [3.05, 3.63) is 36.5 Å². The molecule has 1 aromatic carbocycles. The molecule has 3 nitrogen and oxygen atoms in total. The minimum Gasteiger partial charge on any atom is -0.324 e. The van der Waals surface area contributed by atoms with Gasteiger partial charge in [-0.1, -0.05) is 24.6 Å². The molecule has 2 bridgehead atoms. The highest BCUT2D eigenvalue weighted by Gasteiger charge is 2.43. The lowest BCUT2D eigenvalue weighted by Crippen LogP contribution is -2.27. The second kappa shape index (κ2) is 4.58. The first kappa shape index (κ1) is 11.9. The summed E-state index contributed by atoms with van der Waals surface area (Å²) in [5.41, 5.74) is 1.72. The molecule has 102 valence electrons. The van der Waals surface area contributed by atoms with Gasteiger partial charge in [-0.25, -0.2) is 0 Å². The number of hydrogen-bond acceptors (Lipinski definition) is 2. The number of pyridine rings is 1. The van der Waals surface area contributed by atoms with Crippen LogP contribution in [0.3, 0.4) is 0 Å². The first-order chi connectivity index (χ1) is 9.81. The Labute approximate surface area is 118 Å². The number of nitrogens with one attached hydrogen (secondary N) is 1. The van der Waals surface area contributed by atoms with Crippen LogP contribution in [0.1, 0.15) is 25.7 Å². The lowest BCUT2D eigenvalue weighted by Gasteiger charge is -2.21. The molecule has 2 unspecified atom stereocenters. The Morgan fingerprint density at radius 1 is 1.15 bits per heavy atom. The molecule has 0 aliphatic heterocycles. The van der Waals surface area contributed by atoms with E-state index in [2.05, 4.69) is 10.3 Å². The number of fused-ring (bicyclic) bond motifs is 3. The van der Waals surface area contributed by atoms with Crippen molar-refractivity contribution in [1.82, 2.24) is 4.98 Å². The van der Waals surface area contributed by atoms with E-state index in [4.69, 9.17) is 0 Å². The van der Waals surface area contributed by atoms with Crippen molar-refractivity contribution in [2.75, 3.05) is 5.32 Å². The average Bonchev–Trinajstić information content (AvgIpc) is 3.10. The van der Waals surface area contributed by atoms with Gasteiger partial charge in [0.05, 0.1) is 11.2 Å². The van der Waals surface area contributed by atoms with Gasteiger partial charge in [-0.15, -0.1) is 0 Å². The molecule has 2 aliphatic carbocycles. The third-order valence-electron chi connectivity index (χ3n) is 4.97. The number of hydrogen-bond donors (Lipinski definition) is 1. The van der Waals surface area contributed by atoms with Crippen LogP contribution >= 0.6 is 0 Å². The summed E-state index contributed by atoms with van der Waals surface area (Å²) in [4.78, 5) is 16.9. The van der Waals surface area contributed by atoms with Gasteiger partial charge in [-0.2, -0.15) is 0 Å². The zero-order valence-electron chi connectivity index (χ0n) is 11.4. The third kappa shape index (κ3) is 1.89. The Kier molecular flexibility index (Phi) is 2.72. The predicted octanol–water partition coefficient (Wildman–Crippen LogP) is 3.61. The van der Waals surface area contributed by atoms with Gasteiger partial charge in [0.2, 0.25) is 5.91 Å². The van der Waals surface area contributed by atoms with Crippen molar-refractivity contribution in [2.45, 2.75) is 25.7 Å². The van der Waals surface area contributed by atoms with Gasteiger partial charge in [0, 0.05) is 17.5 Å². The molecule has 2 saturated carbocycles. The number of carbonyl (C=O) groups excluding carboxylic acids is 1. The maximum Gasteiger partial charge on any atom is 0.227 e. The molecular formula is C17H18N2O. The molecule has 3 atom stereocenters. The summed E-state index contributed by atoms with van der Waals surface area (Å²) in [6, 6.07) is 9.88. The van der Waals surface area contributed by atoms with Gasteiger partial charge < -0.3 is 5.32 Å². The first-order valence-electron chi connectivity index (χ1n) is 7.46. The third-order valence-corrected chi connectivity index (χ3v) is 4.97. The second-order valence-electron chi connectivity index (χ2n) is 6.15. The van der Waals surface area contributed by atoms with Crippen LogP contribution in [0.4, 0.5) is 5.69 Å². The number of carbonyl (C=O) groups is 1. The van der Waals surface area contributed by atoms with Crippen molar-refractivity contribution in [1.29, 1.82) is 0 Å². The fraction of sp³-hybridized carbons (Fsp3) is 0.412. The molecule has 2 aliphatic rings. The zero-order valence-corrected chi connectivity index (χ0v) is 11.4. The van der Waals surface area contributed by atoms with Crippen LogP contribution in [0.15, 0.2) is 36.5 Å². The van der Waals surface area contributed by atoms with Gasteiger partial charge in [0.15, 0.2) is 0 Å². The van der Waals surface area contributed by atoms with Crippen LogP contribution in [0.5, 0.6) is 0 Å². The van der Waals surface area contributed by atoms with Crippen molar-refractivity contribution in [3.63, 3.8) is 0 Å². The summed E-state index contributed by atoms with van der Waals surface area (Å²) >= 11 is 0. The Balaban J connectivity index is 1.60. The van der Waals surface area contributed by atoms with E-state index in [1.807, 2.05) is 30.3 Å². The minimum absolute atomic E-state index is 0.190. The molecule has 20 heavy (non-hydrogen) atoms. The van der Waals surface area contributed by atoms with Gasteiger partial charge >= 0.3 is 0 Å². The van der Waals surface area contributed by atoms with Crippen LogP contribution < -0.4 is 5.32 Å². The Bertz CT molecular complexity index is 662. The molecule has 2 fully saturated rings. The van der Waals surface area contributed by atoms with E-state index in [1.54, 1.807) is 6.20 Å². The monoisotopic (exact) mass is 266 g/mol. The van der Waals surface area contributed by atoms with E-state index in [1.165, 1.54) is 19.3 Å². The van der Waals surface area contributed by atoms with E-state index in [0.717, 1.165) is 28.9 Å². The number of para-hydroxylation sites is 1. The standard InChI is InChI=1S/C17H18N2O/c20-17(14-10-11-6-7-13(14)9-11)19-15-5-1-3-12-4-2-8-18-16(12)15/h1-5,8,11,13-14H,6-7,9-10H2,(H,19,20)/t11?,13?,14-/m1/s1. The van der Waals surface area contributed by atoms with Crippen molar-refractivity contribution in [3.8, 4) is 0 Å². The molecule has 1 aromatic heterocycles. The summed E-state index contributed by atoms with van der Waals surface area (Å²) in [7, 11) is 0. The Morgan fingerprint density at radius 3 is 2.85 bits per heavy atom. The van der Waals surface area contributed by atoms with Crippen LogP contribution in [-0.4, -0.2) is 10.9 Å². The highest BCUT2D eigenvalue weighted by Crippen LogP contribution is 2.48. The SMILES string of the molecule is O=C(Nc1cccc2cccnc12)[C@@H]1CC2CCC1C2. The highest BCUT2D eigenvalue weighted by atomic mass is 16.1. The zero-order chi connectivity index (χ0) is 13.5. The van der Waals surface area contributed by atoms with E-state index in [-0.39, 0.29) is 11.8 Å². The number of amides is 1. The van der Waals surface area contributed by atoms with Crippen LogP contribution in [0.25, 0.3) is 10.9 Å². The van der Waals surface area contributed by atoms with Crippen LogP contribution in [0.2, 0.25) is 0 Å². The number of anilines is 1. The molecule has 3 heteroatoms. The van der Waals surface area contributed by atoms with E-state index in [0.29, 0.717) is 5.92 Å².